The van der Waals surface area contributed by atoms with Gasteiger partial charge in [0, 0.05) is 35.9 Å². The van der Waals surface area contributed by atoms with Crippen LogP contribution >= 0.6 is 11.6 Å². The molecule has 0 amide bonds. The van der Waals surface area contributed by atoms with Gasteiger partial charge in [0.05, 0.1) is 0 Å². The minimum absolute atomic E-state index is 0.567. The minimum Gasteiger partial charge on any atom is -0.478 e. The van der Waals surface area contributed by atoms with E-state index < -0.39 is 5.97 Å². The molecule has 19 heavy (non-hydrogen) atoms. The summed E-state index contributed by atoms with van der Waals surface area (Å²) < 4.78 is 0. The highest BCUT2D eigenvalue weighted by Crippen LogP contribution is 2.28. The number of aliphatic carboxylic acids is 1. The highest BCUT2D eigenvalue weighted by atomic mass is 35.5. The van der Waals surface area contributed by atoms with Gasteiger partial charge in [-0.3, -0.25) is 0 Å². The van der Waals surface area contributed by atoms with E-state index in [4.69, 9.17) is 16.7 Å². The van der Waals surface area contributed by atoms with Gasteiger partial charge < -0.3 is 10.0 Å². The lowest BCUT2D eigenvalue weighted by atomic mass is 10.1. The third kappa shape index (κ3) is 4.95. The number of benzene rings is 1. The first-order valence-corrected chi connectivity index (χ1v) is 6.84. The van der Waals surface area contributed by atoms with E-state index in [1.165, 1.54) is 12.8 Å². The van der Waals surface area contributed by atoms with Crippen molar-refractivity contribution in [1.29, 1.82) is 0 Å². The Morgan fingerprint density at radius 3 is 2.79 bits per heavy atom. The van der Waals surface area contributed by atoms with Gasteiger partial charge in [-0.25, -0.2) is 4.79 Å². The number of carboxylic acids is 1. The molecule has 0 heterocycles. The molecule has 0 saturated heterocycles. The van der Waals surface area contributed by atoms with Crippen LogP contribution in [0.15, 0.2) is 24.3 Å². The summed E-state index contributed by atoms with van der Waals surface area (Å²) >= 11 is 6.15. The van der Waals surface area contributed by atoms with Crippen molar-refractivity contribution < 1.29 is 9.90 Å². The first-order chi connectivity index (χ1) is 9.06. The number of carboxylic acid groups (broad SMARTS) is 1. The molecule has 1 N–H and O–H groups in total. The van der Waals surface area contributed by atoms with Crippen LogP contribution in [-0.4, -0.2) is 24.7 Å². The smallest absolute Gasteiger partial charge is 0.328 e. The summed E-state index contributed by atoms with van der Waals surface area (Å²) in [5.74, 6) is -0.973. The molecule has 104 valence electrons. The van der Waals surface area contributed by atoms with E-state index in [-0.39, 0.29) is 0 Å². The zero-order valence-electron chi connectivity index (χ0n) is 11.4. The molecule has 0 aliphatic heterocycles. The number of nitrogens with zero attached hydrogens (tertiary/aromatic N) is 1. The molecule has 0 unspecified atom stereocenters. The van der Waals surface area contributed by atoms with Crippen LogP contribution in [0.3, 0.4) is 0 Å². The molecule has 1 aromatic rings. The zero-order chi connectivity index (χ0) is 14.3. The number of hydrogen-bond acceptors (Lipinski definition) is 2. The Morgan fingerprint density at radius 2 is 2.16 bits per heavy atom. The molecule has 0 saturated carbocycles. The molecule has 0 radical (unpaired) electrons. The second kappa shape index (κ2) is 7.85. The molecule has 1 rings (SSSR count). The summed E-state index contributed by atoms with van der Waals surface area (Å²) in [4.78, 5) is 12.7. The van der Waals surface area contributed by atoms with Gasteiger partial charge in [-0.05, 0) is 24.6 Å². The van der Waals surface area contributed by atoms with E-state index in [1.807, 2.05) is 19.2 Å². The van der Waals surface area contributed by atoms with Crippen LogP contribution in [-0.2, 0) is 4.79 Å². The predicted molar refractivity (Wildman–Crippen MR) is 80.9 cm³/mol. The maximum Gasteiger partial charge on any atom is 0.328 e. The summed E-state index contributed by atoms with van der Waals surface area (Å²) in [6.45, 7) is 3.10. The second-order valence-corrected chi connectivity index (χ2v) is 4.88. The molecular weight excluding hydrogens is 262 g/mol. The largest absolute Gasteiger partial charge is 0.478 e. The topological polar surface area (TPSA) is 40.5 Å². The lowest BCUT2D eigenvalue weighted by Crippen LogP contribution is -2.19. The highest BCUT2D eigenvalue weighted by Gasteiger charge is 2.08. The highest BCUT2D eigenvalue weighted by molar-refractivity contribution is 6.32. The van der Waals surface area contributed by atoms with E-state index in [2.05, 4.69) is 11.8 Å². The summed E-state index contributed by atoms with van der Waals surface area (Å²) in [5.41, 5.74) is 1.71. The summed E-state index contributed by atoms with van der Waals surface area (Å²) in [5, 5.41) is 9.29. The SMILES string of the molecule is CCCCCN(C)c1cccc(Cl)c1/C=C/C(=O)O. The average molecular weight is 282 g/mol. The average Bonchev–Trinajstić information content (AvgIpc) is 2.37. The Bertz CT molecular complexity index is 457. The van der Waals surface area contributed by atoms with Gasteiger partial charge in [0.2, 0.25) is 0 Å². The molecule has 0 bridgehead atoms. The third-order valence-corrected chi connectivity index (χ3v) is 3.26. The fourth-order valence-corrected chi connectivity index (χ4v) is 2.13. The lowest BCUT2D eigenvalue weighted by molar-refractivity contribution is -0.131. The molecule has 1 aromatic carbocycles. The normalized spacial score (nSPS) is 10.9. The summed E-state index contributed by atoms with van der Waals surface area (Å²) in [6, 6.07) is 5.61. The van der Waals surface area contributed by atoms with Crippen molar-refractivity contribution in [1.82, 2.24) is 0 Å². The summed E-state index contributed by atoms with van der Waals surface area (Å²) in [6.07, 6.45) is 6.14. The zero-order valence-corrected chi connectivity index (χ0v) is 12.2. The maximum absolute atomic E-state index is 10.6. The van der Waals surface area contributed by atoms with Gasteiger partial charge in [-0.1, -0.05) is 37.4 Å². The van der Waals surface area contributed by atoms with Crippen molar-refractivity contribution in [3.63, 3.8) is 0 Å². The molecule has 0 aliphatic rings. The third-order valence-electron chi connectivity index (χ3n) is 2.93. The van der Waals surface area contributed by atoms with E-state index in [0.29, 0.717) is 5.02 Å². The molecule has 3 nitrogen and oxygen atoms in total. The predicted octanol–water partition coefficient (Wildman–Crippen LogP) is 4.06. The van der Waals surface area contributed by atoms with E-state index >= 15 is 0 Å². The molecule has 0 atom stereocenters. The number of carbonyl (C=O) groups is 1. The van der Waals surface area contributed by atoms with Crippen LogP contribution in [0.2, 0.25) is 5.02 Å². The van der Waals surface area contributed by atoms with Gasteiger partial charge in [-0.15, -0.1) is 0 Å². The van der Waals surface area contributed by atoms with Crippen molar-refractivity contribution in [2.75, 3.05) is 18.5 Å². The van der Waals surface area contributed by atoms with Gasteiger partial charge in [0.1, 0.15) is 0 Å². The van der Waals surface area contributed by atoms with Crippen LogP contribution in [0, 0.1) is 0 Å². The number of halogens is 1. The molecule has 0 aliphatic carbocycles. The van der Waals surface area contributed by atoms with E-state index in [0.717, 1.165) is 30.3 Å². The maximum atomic E-state index is 10.6. The van der Waals surface area contributed by atoms with Gasteiger partial charge in [0.15, 0.2) is 0 Å². The standard InChI is InChI=1S/C15H20ClNO2/c1-3-4-5-11-17(2)14-8-6-7-13(16)12(14)9-10-15(18)19/h6-10H,3-5,11H2,1-2H3,(H,18,19)/b10-9+. The van der Waals surface area contributed by atoms with Crippen molar-refractivity contribution in [2.24, 2.45) is 0 Å². The van der Waals surface area contributed by atoms with Crippen molar-refractivity contribution in [3.05, 3.63) is 34.9 Å². The molecular formula is C15H20ClNO2. The van der Waals surface area contributed by atoms with E-state index in [1.54, 1.807) is 12.1 Å². The molecule has 4 heteroatoms. The first kappa shape index (κ1) is 15.6. The number of anilines is 1. The lowest BCUT2D eigenvalue weighted by Gasteiger charge is -2.22. The van der Waals surface area contributed by atoms with Crippen molar-refractivity contribution >= 4 is 29.3 Å². The monoisotopic (exact) mass is 281 g/mol. The van der Waals surface area contributed by atoms with Crippen LogP contribution in [0.5, 0.6) is 0 Å². The Labute approximate surface area is 119 Å². The van der Waals surface area contributed by atoms with Crippen LogP contribution in [0.4, 0.5) is 5.69 Å². The Hall–Kier alpha value is -1.48. The Morgan fingerprint density at radius 1 is 1.42 bits per heavy atom. The van der Waals surface area contributed by atoms with Crippen LogP contribution < -0.4 is 4.90 Å². The first-order valence-electron chi connectivity index (χ1n) is 6.47. The van der Waals surface area contributed by atoms with Crippen LogP contribution in [0.1, 0.15) is 31.7 Å². The van der Waals surface area contributed by atoms with Crippen LogP contribution in [0.25, 0.3) is 6.08 Å². The molecule has 0 fully saturated rings. The number of hydrogen-bond donors (Lipinski definition) is 1. The number of rotatable bonds is 7. The Balaban J connectivity index is 2.93. The second-order valence-electron chi connectivity index (χ2n) is 4.47. The van der Waals surface area contributed by atoms with Crippen molar-refractivity contribution in [3.8, 4) is 0 Å². The van der Waals surface area contributed by atoms with Gasteiger partial charge in [0.25, 0.3) is 0 Å². The minimum atomic E-state index is -0.973. The van der Waals surface area contributed by atoms with Gasteiger partial charge in [-0.2, -0.15) is 0 Å². The molecule has 0 aromatic heterocycles. The number of unbranched alkanes of at least 4 members (excludes halogenated alkanes) is 2. The Kier molecular flexibility index (Phi) is 6.43. The van der Waals surface area contributed by atoms with E-state index in [9.17, 15) is 4.79 Å². The van der Waals surface area contributed by atoms with Crippen molar-refractivity contribution in [2.45, 2.75) is 26.2 Å². The quantitative estimate of drug-likeness (QED) is 0.605. The van der Waals surface area contributed by atoms with Gasteiger partial charge >= 0.3 is 5.97 Å². The molecule has 0 spiro atoms. The fraction of sp³-hybridized carbons (Fsp3) is 0.400. The summed E-state index contributed by atoms with van der Waals surface area (Å²) in [7, 11) is 2.00. The fourth-order valence-electron chi connectivity index (χ4n) is 1.90.